The third-order valence-electron chi connectivity index (χ3n) is 6.19. The number of aryl methyl sites for hydroxylation is 2. The van der Waals surface area contributed by atoms with Crippen molar-refractivity contribution in [1.29, 1.82) is 0 Å². The van der Waals surface area contributed by atoms with E-state index in [0.29, 0.717) is 45.1 Å². The number of carbonyl (C=O) groups excluding carboxylic acids is 1. The van der Waals surface area contributed by atoms with Crippen LogP contribution in [0, 0.1) is 6.92 Å². The zero-order valence-corrected chi connectivity index (χ0v) is 20.7. The molecule has 0 saturated carbocycles. The highest BCUT2D eigenvalue weighted by Crippen LogP contribution is 2.39. The Morgan fingerprint density at radius 2 is 2.00 bits per heavy atom. The summed E-state index contributed by atoms with van der Waals surface area (Å²) >= 11 is 1.43. The van der Waals surface area contributed by atoms with Crippen molar-refractivity contribution in [3.63, 3.8) is 0 Å². The van der Waals surface area contributed by atoms with Gasteiger partial charge in [0.25, 0.3) is 11.1 Å². The summed E-state index contributed by atoms with van der Waals surface area (Å²) in [5, 5.41) is 22.9. The molecule has 1 aliphatic heterocycles. The number of hydrogen-bond acceptors (Lipinski definition) is 8. The number of anilines is 2. The fourth-order valence-electron chi connectivity index (χ4n) is 4.74. The van der Waals surface area contributed by atoms with Gasteiger partial charge in [0.1, 0.15) is 11.3 Å². The summed E-state index contributed by atoms with van der Waals surface area (Å²) in [5.41, 5.74) is 3.72. The van der Waals surface area contributed by atoms with Gasteiger partial charge in [0.2, 0.25) is 0 Å². The summed E-state index contributed by atoms with van der Waals surface area (Å²) in [6, 6.07) is 6.22. The Balaban J connectivity index is 1.54. The van der Waals surface area contributed by atoms with Crippen LogP contribution in [-0.2, 0) is 7.05 Å². The zero-order chi connectivity index (χ0) is 24.1. The van der Waals surface area contributed by atoms with Crippen molar-refractivity contribution in [2.75, 3.05) is 30.4 Å². The summed E-state index contributed by atoms with van der Waals surface area (Å²) in [5.74, 6) is -0.337. The average molecular weight is 481 g/mol. The Bertz CT molecular complexity index is 1400. The van der Waals surface area contributed by atoms with Gasteiger partial charge in [-0.2, -0.15) is 5.10 Å². The monoisotopic (exact) mass is 480 g/mol. The molecule has 0 aliphatic carbocycles. The Kier molecular flexibility index (Phi) is 5.57. The minimum Gasteiger partial charge on any atom is -0.505 e. The highest BCUT2D eigenvalue weighted by Gasteiger charge is 2.26. The van der Waals surface area contributed by atoms with Crippen LogP contribution in [0.5, 0.6) is 10.9 Å². The van der Waals surface area contributed by atoms with E-state index >= 15 is 0 Å². The van der Waals surface area contributed by atoms with Crippen molar-refractivity contribution in [1.82, 2.24) is 20.1 Å². The molecule has 1 amide bonds. The molecule has 4 aromatic rings. The van der Waals surface area contributed by atoms with E-state index in [4.69, 9.17) is 4.74 Å². The molecule has 0 radical (unpaired) electrons. The van der Waals surface area contributed by atoms with Gasteiger partial charge in [0.05, 0.1) is 34.3 Å². The first-order valence-electron chi connectivity index (χ1n) is 11.2. The van der Waals surface area contributed by atoms with Crippen LogP contribution in [0.4, 0.5) is 11.4 Å². The molecule has 0 bridgehead atoms. The second-order valence-electron chi connectivity index (χ2n) is 8.96. The van der Waals surface area contributed by atoms with Crippen LogP contribution in [0.15, 0.2) is 24.4 Å². The van der Waals surface area contributed by atoms with Gasteiger partial charge >= 0.3 is 0 Å². The van der Waals surface area contributed by atoms with Gasteiger partial charge in [0.15, 0.2) is 0 Å². The van der Waals surface area contributed by atoms with E-state index in [0.717, 1.165) is 28.9 Å². The minimum absolute atomic E-state index is 0.00654. The molecule has 0 unspecified atom stereocenters. The summed E-state index contributed by atoms with van der Waals surface area (Å²) in [6.45, 7) is 7.85. The number of amides is 1. The van der Waals surface area contributed by atoms with Gasteiger partial charge in [0, 0.05) is 49.4 Å². The summed E-state index contributed by atoms with van der Waals surface area (Å²) < 4.78 is 8.01. The lowest BCUT2D eigenvalue weighted by molar-refractivity contribution is 0.102. The second kappa shape index (κ2) is 8.44. The van der Waals surface area contributed by atoms with Gasteiger partial charge in [-0.3, -0.25) is 9.48 Å². The van der Waals surface area contributed by atoms with Gasteiger partial charge in [-0.1, -0.05) is 11.3 Å². The number of benzene rings is 2. The van der Waals surface area contributed by atoms with E-state index in [1.807, 2.05) is 19.3 Å². The molecular weight excluding hydrogens is 452 g/mol. The Labute approximate surface area is 201 Å². The van der Waals surface area contributed by atoms with Crippen molar-refractivity contribution >= 4 is 49.7 Å². The predicted octanol–water partition coefficient (Wildman–Crippen LogP) is 3.64. The van der Waals surface area contributed by atoms with Crippen molar-refractivity contribution in [2.45, 2.75) is 32.9 Å². The van der Waals surface area contributed by atoms with Crippen LogP contribution in [0.3, 0.4) is 0 Å². The lowest BCUT2D eigenvalue weighted by Crippen LogP contribution is -2.54. The molecule has 2 atom stereocenters. The zero-order valence-electron chi connectivity index (χ0n) is 19.8. The minimum atomic E-state index is -0.343. The first kappa shape index (κ1) is 22.4. The Hall–Kier alpha value is -3.37. The number of hydrogen-bond donors (Lipinski definition) is 3. The maximum absolute atomic E-state index is 13.4. The molecule has 9 nitrogen and oxygen atoms in total. The normalized spacial score (nSPS) is 18.6. The van der Waals surface area contributed by atoms with E-state index in [-0.39, 0.29) is 11.7 Å². The van der Waals surface area contributed by atoms with Gasteiger partial charge < -0.3 is 25.4 Å². The smallest absolute Gasteiger partial charge is 0.274 e. The van der Waals surface area contributed by atoms with Crippen LogP contribution in [0.2, 0.25) is 0 Å². The van der Waals surface area contributed by atoms with Crippen LogP contribution in [-0.4, -0.2) is 58.1 Å². The SMILES string of the molecule is COc1nc2c(C(=O)Nc3cc4cn(C)nc4c(C)c3O)ccc(N3C[C@H](C)N[C@@H](C)C3)c2s1. The first-order chi connectivity index (χ1) is 16.2. The number of carbonyl (C=O) groups is 1. The maximum Gasteiger partial charge on any atom is 0.274 e. The van der Waals surface area contributed by atoms with E-state index in [2.05, 4.69) is 39.5 Å². The van der Waals surface area contributed by atoms with Gasteiger partial charge in [-0.25, -0.2) is 4.98 Å². The number of methoxy groups -OCH3 is 1. The molecule has 3 N–H and O–H groups in total. The third kappa shape index (κ3) is 3.82. The molecule has 3 heterocycles. The maximum atomic E-state index is 13.4. The van der Waals surface area contributed by atoms with Crippen LogP contribution >= 0.6 is 11.3 Å². The molecule has 1 saturated heterocycles. The summed E-state index contributed by atoms with van der Waals surface area (Å²) in [7, 11) is 3.40. The number of piperazine rings is 1. The van der Waals surface area contributed by atoms with Crippen molar-refractivity contribution < 1.29 is 14.6 Å². The molecule has 10 heteroatoms. The van der Waals surface area contributed by atoms with Crippen molar-refractivity contribution in [3.05, 3.63) is 35.5 Å². The van der Waals surface area contributed by atoms with E-state index in [1.54, 1.807) is 30.8 Å². The predicted molar refractivity (Wildman–Crippen MR) is 136 cm³/mol. The lowest BCUT2D eigenvalue weighted by Gasteiger charge is -2.37. The highest BCUT2D eigenvalue weighted by atomic mass is 32.1. The fraction of sp³-hybridized carbons (Fsp3) is 0.375. The Morgan fingerprint density at radius 3 is 2.71 bits per heavy atom. The van der Waals surface area contributed by atoms with Crippen LogP contribution in [0.1, 0.15) is 29.8 Å². The quantitative estimate of drug-likeness (QED) is 0.383. The standard InChI is InChI=1S/C24H28N6O3S/c1-12-9-30(10-13(2)25-12)18-7-6-16(20-22(18)34-24(27-20)33-5)23(32)26-17-8-15-11-29(4)28-19(15)14(3)21(17)31/h6-8,11-13,25,31H,9-10H2,1-5H3,(H,26,32)/t12-,13-/m0/s1. The molecule has 0 spiro atoms. The second-order valence-corrected chi connectivity index (χ2v) is 9.92. The number of aromatic nitrogens is 3. The topological polar surface area (TPSA) is 105 Å². The molecule has 1 aliphatic rings. The molecular formula is C24H28N6O3S. The molecule has 5 rings (SSSR count). The van der Waals surface area contributed by atoms with Gasteiger partial charge in [-0.05, 0) is 39.0 Å². The highest BCUT2D eigenvalue weighted by molar-refractivity contribution is 7.21. The third-order valence-corrected chi connectivity index (χ3v) is 7.23. The number of nitrogens with one attached hydrogen (secondary N) is 2. The number of phenols is 1. The molecule has 178 valence electrons. The van der Waals surface area contributed by atoms with E-state index < -0.39 is 0 Å². The average Bonchev–Trinajstić information content (AvgIpc) is 3.39. The van der Waals surface area contributed by atoms with Gasteiger partial charge in [-0.15, -0.1) is 0 Å². The first-order valence-corrected chi connectivity index (χ1v) is 12.0. The molecule has 1 fully saturated rings. The molecule has 2 aromatic carbocycles. The van der Waals surface area contributed by atoms with Crippen LogP contribution < -0.4 is 20.3 Å². The van der Waals surface area contributed by atoms with E-state index in [1.165, 1.54) is 11.3 Å². The van der Waals surface area contributed by atoms with E-state index in [9.17, 15) is 9.90 Å². The number of fused-ring (bicyclic) bond motifs is 2. The number of rotatable bonds is 4. The summed E-state index contributed by atoms with van der Waals surface area (Å²) in [6.07, 6.45) is 1.85. The van der Waals surface area contributed by atoms with Crippen molar-refractivity contribution in [2.24, 2.45) is 7.05 Å². The fourth-order valence-corrected chi connectivity index (χ4v) is 5.69. The largest absolute Gasteiger partial charge is 0.505 e. The number of aromatic hydroxyl groups is 1. The van der Waals surface area contributed by atoms with Crippen molar-refractivity contribution in [3.8, 4) is 10.9 Å². The van der Waals surface area contributed by atoms with Crippen LogP contribution in [0.25, 0.3) is 21.1 Å². The summed E-state index contributed by atoms with van der Waals surface area (Å²) in [4.78, 5) is 20.3. The number of nitrogens with zero attached hydrogens (tertiary/aromatic N) is 4. The number of thiazole rings is 1. The Morgan fingerprint density at radius 1 is 1.26 bits per heavy atom. The molecule has 2 aromatic heterocycles. The lowest BCUT2D eigenvalue weighted by atomic mass is 10.1. The number of ether oxygens (including phenoxy) is 1. The molecule has 34 heavy (non-hydrogen) atoms. The number of phenolic OH excluding ortho intramolecular Hbond substituents is 1.